The first-order chi connectivity index (χ1) is 30.3. The molecule has 0 amide bonds. The standard InChI is InChI=1S/C52H69F2N9/c1-9-21-52(29-51(30-52)31-61(32-51)27-37-20-22-62(28-37)41-24-43(53)48(44(54)25-41)42-18-16-33(4)56-35(42)6)59-34(5)39-17-19-45(38(10-2)23-39)57-50-55-26-47-49(58-50)63(40-14-12-13-15-40)46(11-3)36(7)60(47)8/h17,19,23-26,37,40,42,46,56,59H,4-7,9-16,18,20-22,27-32H2,1-3,8H3,(H,55,57,58). The second-order valence-electron chi connectivity index (χ2n) is 20.0. The SMILES string of the molecule is C=C1CCC(c2c(F)cc(N3CCC(CN4CC5(C4)CC(CCC)(NC(=C)c4ccc(Nc6ncc7c(n6)N(C6CCCC6)C(CC)C(=C)N7C)c(CC)c4)C5)C3)cc2F)C(=C)N1. The molecule has 0 bridgehead atoms. The van der Waals surface area contributed by atoms with E-state index in [2.05, 4.69) is 108 Å². The molecule has 0 radical (unpaired) electrons. The molecule has 4 aliphatic heterocycles. The van der Waals surface area contributed by atoms with Crippen LogP contribution in [0.25, 0.3) is 5.70 Å². The van der Waals surface area contributed by atoms with Crippen molar-refractivity contribution in [1.82, 2.24) is 25.5 Å². The zero-order valence-corrected chi connectivity index (χ0v) is 38.3. The Hall–Kier alpha value is -4.90. The minimum Gasteiger partial charge on any atom is -0.380 e. The molecule has 11 heteroatoms. The van der Waals surface area contributed by atoms with Gasteiger partial charge in [-0.3, -0.25) is 0 Å². The second-order valence-corrected chi connectivity index (χ2v) is 20.0. The molecule has 3 unspecified atom stereocenters. The number of hydrogen-bond donors (Lipinski definition) is 3. The predicted molar refractivity (Wildman–Crippen MR) is 255 cm³/mol. The van der Waals surface area contributed by atoms with Gasteiger partial charge in [0, 0.05) is 102 Å². The molecule has 5 heterocycles. The van der Waals surface area contributed by atoms with Crippen LogP contribution < -0.4 is 30.7 Å². The van der Waals surface area contributed by atoms with E-state index in [-0.39, 0.29) is 23.1 Å². The Kier molecular flexibility index (Phi) is 11.9. The number of benzene rings is 2. The van der Waals surface area contributed by atoms with Crippen molar-refractivity contribution < 1.29 is 8.78 Å². The molecule has 3 N–H and O–H groups in total. The summed E-state index contributed by atoms with van der Waals surface area (Å²) in [4.78, 5) is 19.5. The molecule has 2 aromatic carbocycles. The Balaban J connectivity index is 0.797. The molecule has 63 heavy (non-hydrogen) atoms. The number of anilines is 5. The summed E-state index contributed by atoms with van der Waals surface area (Å²) in [5.74, 6) is 0.754. The fraction of sp³-hybridized carbons (Fsp3) is 0.538. The van der Waals surface area contributed by atoms with E-state index >= 15 is 8.78 Å². The van der Waals surface area contributed by atoms with Crippen molar-refractivity contribution in [3.63, 3.8) is 0 Å². The van der Waals surface area contributed by atoms with Gasteiger partial charge in [0.2, 0.25) is 5.95 Å². The average molecular weight is 858 g/mol. The molecule has 5 fully saturated rings. The number of nitrogens with one attached hydrogen (secondary N) is 3. The third-order valence-electron chi connectivity index (χ3n) is 15.5. The lowest BCUT2D eigenvalue weighted by atomic mass is 9.52. The lowest BCUT2D eigenvalue weighted by Gasteiger charge is -2.65. The van der Waals surface area contributed by atoms with Gasteiger partial charge in [0.05, 0.1) is 12.2 Å². The van der Waals surface area contributed by atoms with Gasteiger partial charge < -0.3 is 35.6 Å². The van der Waals surface area contributed by atoms with Crippen LogP contribution in [0.3, 0.4) is 0 Å². The molecule has 9 nitrogen and oxygen atoms in total. The predicted octanol–water partition coefficient (Wildman–Crippen LogP) is 10.8. The van der Waals surface area contributed by atoms with E-state index < -0.39 is 11.6 Å². The number of rotatable bonds is 14. The van der Waals surface area contributed by atoms with Crippen LogP contribution >= 0.6 is 0 Å². The molecule has 3 saturated heterocycles. The molecule has 1 spiro atoms. The molecule has 3 atom stereocenters. The molecule has 9 rings (SSSR count). The van der Waals surface area contributed by atoms with Crippen LogP contribution in [-0.2, 0) is 6.42 Å². The fourth-order valence-electron chi connectivity index (χ4n) is 12.6. The number of aryl methyl sites for hydroxylation is 1. The Morgan fingerprint density at radius 3 is 2.41 bits per heavy atom. The van der Waals surface area contributed by atoms with Crippen molar-refractivity contribution in [3.8, 4) is 0 Å². The monoisotopic (exact) mass is 858 g/mol. The minimum absolute atomic E-state index is 0.0523. The van der Waals surface area contributed by atoms with Gasteiger partial charge in [-0.25, -0.2) is 13.8 Å². The summed E-state index contributed by atoms with van der Waals surface area (Å²) in [7, 11) is 2.09. The van der Waals surface area contributed by atoms with Gasteiger partial charge in [-0.05, 0) is 106 Å². The van der Waals surface area contributed by atoms with Gasteiger partial charge >= 0.3 is 0 Å². The zero-order chi connectivity index (χ0) is 44.2. The summed E-state index contributed by atoms with van der Waals surface area (Å²) in [6, 6.07) is 10.4. The second kappa shape index (κ2) is 17.2. The lowest BCUT2D eigenvalue weighted by Crippen LogP contribution is -2.71. The highest BCUT2D eigenvalue weighted by Crippen LogP contribution is 2.56. The molecule has 2 aliphatic carbocycles. The Morgan fingerprint density at radius 2 is 1.73 bits per heavy atom. The summed E-state index contributed by atoms with van der Waals surface area (Å²) in [6.07, 6.45) is 15.6. The molecule has 1 aromatic heterocycles. The first kappa shape index (κ1) is 43.4. The fourth-order valence-corrected chi connectivity index (χ4v) is 12.6. The zero-order valence-electron chi connectivity index (χ0n) is 38.3. The lowest BCUT2D eigenvalue weighted by molar-refractivity contribution is -0.119. The topological polar surface area (TPSA) is 74.8 Å². The summed E-state index contributed by atoms with van der Waals surface area (Å²) < 4.78 is 31.0. The van der Waals surface area contributed by atoms with Crippen molar-refractivity contribution >= 4 is 34.5 Å². The summed E-state index contributed by atoms with van der Waals surface area (Å²) in [6.45, 7) is 28.7. The van der Waals surface area contributed by atoms with Gasteiger partial charge in [0.25, 0.3) is 0 Å². The van der Waals surface area contributed by atoms with Crippen LogP contribution in [0, 0.1) is 23.0 Å². The average Bonchev–Trinajstić information content (AvgIpc) is 3.95. The van der Waals surface area contributed by atoms with Gasteiger partial charge in [-0.1, -0.05) is 72.4 Å². The van der Waals surface area contributed by atoms with Crippen molar-refractivity contribution in [2.45, 2.75) is 128 Å². The van der Waals surface area contributed by atoms with E-state index in [9.17, 15) is 0 Å². The van der Waals surface area contributed by atoms with Crippen LogP contribution in [0.2, 0.25) is 0 Å². The van der Waals surface area contributed by atoms with Crippen molar-refractivity contribution in [2.24, 2.45) is 11.3 Å². The quantitative estimate of drug-likeness (QED) is 0.147. The van der Waals surface area contributed by atoms with Gasteiger partial charge in [0.1, 0.15) is 17.3 Å². The Bertz CT molecular complexity index is 2240. The molecular weight excluding hydrogens is 789 g/mol. The third kappa shape index (κ3) is 8.23. The Morgan fingerprint density at radius 1 is 0.984 bits per heavy atom. The number of fused-ring (bicyclic) bond motifs is 1. The van der Waals surface area contributed by atoms with Crippen LogP contribution in [0.4, 0.5) is 37.6 Å². The first-order valence-corrected chi connectivity index (χ1v) is 23.9. The summed E-state index contributed by atoms with van der Waals surface area (Å²) >= 11 is 0. The highest BCUT2D eigenvalue weighted by Gasteiger charge is 2.59. The largest absolute Gasteiger partial charge is 0.380 e. The smallest absolute Gasteiger partial charge is 0.229 e. The maximum absolute atomic E-state index is 15.5. The highest BCUT2D eigenvalue weighted by atomic mass is 19.1. The summed E-state index contributed by atoms with van der Waals surface area (Å²) in [5, 5.41) is 10.7. The van der Waals surface area contributed by atoms with Crippen LogP contribution in [0.5, 0.6) is 0 Å². The van der Waals surface area contributed by atoms with E-state index in [1.807, 2.05) is 6.20 Å². The number of piperidine rings is 1. The van der Waals surface area contributed by atoms with E-state index in [1.54, 1.807) is 0 Å². The molecule has 6 aliphatic rings. The van der Waals surface area contributed by atoms with Crippen LogP contribution in [-0.4, -0.2) is 72.3 Å². The number of hydrogen-bond acceptors (Lipinski definition) is 9. The van der Waals surface area contributed by atoms with E-state index in [0.717, 1.165) is 118 Å². The molecule has 2 saturated carbocycles. The molecule has 336 valence electrons. The van der Waals surface area contributed by atoms with Gasteiger partial charge in [0.15, 0.2) is 5.82 Å². The van der Waals surface area contributed by atoms with Crippen molar-refractivity contribution in [3.05, 3.63) is 108 Å². The third-order valence-corrected chi connectivity index (χ3v) is 15.5. The number of allylic oxidation sites excluding steroid dienone is 2. The van der Waals surface area contributed by atoms with Crippen LogP contribution in [0.1, 0.15) is 120 Å². The van der Waals surface area contributed by atoms with E-state index in [1.165, 1.54) is 43.4 Å². The van der Waals surface area contributed by atoms with Crippen molar-refractivity contribution in [2.75, 3.05) is 59.8 Å². The first-order valence-electron chi connectivity index (χ1n) is 23.9. The van der Waals surface area contributed by atoms with Crippen molar-refractivity contribution in [1.29, 1.82) is 0 Å². The number of halogens is 2. The summed E-state index contributed by atoms with van der Waals surface area (Å²) in [5.41, 5.74) is 9.09. The number of aromatic nitrogens is 2. The molecule has 3 aromatic rings. The van der Waals surface area contributed by atoms with Gasteiger partial charge in [-0.2, -0.15) is 4.98 Å². The van der Waals surface area contributed by atoms with E-state index in [0.29, 0.717) is 47.5 Å². The molecular formula is C52H69F2N9. The highest BCUT2D eigenvalue weighted by molar-refractivity contribution is 5.76. The minimum atomic E-state index is -0.483. The normalized spacial score (nSPS) is 24.3. The maximum Gasteiger partial charge on any atom is 0.229 e. The maximum atomic E-state index is 15.5. The van der Waals surface area contributed by atoms with Gasteiger partial charge in [-0.15, -0.1) is 0 Å². The number of likely N-dealkylation sites (N-methyl/N-ethyl adjacent to an activating group) is 1. The van der Waals surface area contributed by atoms with E-state index in [4.69, 9.17) is 9.97 Å². The Labute approximate surface area is 374 Å². The number of likely N-dealkylation sites (tertiary alicyclic amines) is 1. The van der Waals surface area contributed by atoms with Crippen LogP contribution in [0.15, 0.2) is 79.9 Å². The number of nitrogens with zero attached hydrogens (tertiary/aromatic N) is 6.